The van der Waals surface area contributed by atoms with E-state index >= 15 is 0 Å². The lowest BCUT2D eigenvalue weighted by Crippen LogP contribution is -2.13. The van der Waals surface area contributed by atoms with Crippen LogP contribution in [0.1, 0.15) is 17.5 Å². The number of nitrogens with zero attached hydrogens (tertiary/aromatic N) is 2. The number of ether oxygens (including phenoxy) is 2. The highest BCUT2D eigenvalue weighted by Gasteiger charge is 2.12. The molecule has 0 aliphatic carbocycles. The zero-order valence-electron chi connectivity index (χ0n) is 18.7. The summed E-state index contributed by atoms with van der Waals surface area (Å²) < 4.78 is 12.4. The van der Waals surface area contributed by atoms with Gasteiger partial charge in [0.15, 0.2) is 5.13 Å². The summed E-state index contributed by atoms with van der Waals surface area (Å²) in [6.07, 6.45) is 2.29. The number of carbonyl (C=O) groups is 1. The molecule has 4 rings (SSSR count). The van der Waals surface area contributed by atoms with Crippen molar-refractivity contribution in [2.45, 2.75) is 13.3 Å². The first-order chi connectivity index (χ1) is 16.6. The summed E-state index contributed by atoms with van der Waals surface area (Å²) in [6.45, 7) is 3.13. The molecule has 1 heterocycles. The molecular formula is C27H23N3O3S. The monoisotopic (exact) mass is 469 g/mol. The smallest absolute Gasteiger partial charge is 0.268 e. The van der Waals surface area contributed by atoms with Gasteiger partial charge in [-0.15, -0.1) is 0 Å². The van der Waals surface area contributed by atoms with E-state index in [0.717, 1.165) is 28.0 Å². The predicted molar refractivity (Wildman–Crippen MR) is 135 cm³/mol. The Hall–Kier alpha value is -4.15. The molecule has 0 saturated carbocycles. The van der Waals surface area contributed by atoms with E-state index in [4.69, 9.17) is 9.47 Å². The highest BCUT2D eigenvalue weighted by Crippen LogP contribution is 2.26. The second-order valence-corrected chi connectivity index (χ2v) is 8.57. The van der Waals surface area contributed by atoms with Gasteiger partial charge >= 0.3 is 0 Å². The molecule has 7 heteroatoms. The van der Waals surface area contributed by atoms with E-state index in [0.29, 0.717) is 24.1 Å². The first-order valence-corrected chi connectivity index (χ1v) is 11.6. The molecule has 0 unspecified atom stereocenters. The number of rotatable bonds is 9. The Bertz CT molecular complexity index is 1300. The minimum atomic E-state index is -0.490. The Balaban J connectivity index is 1.27. The highest BCUT2D eigenvalue weighted by atomic mass is 32.1. The molecule has 0 bridgehead atoms. The Kier molecular flexibility index (Phi) is 7.53. The summed E-state index contributed by atoms with van der Waals surface area (Å²) in [7, 11) is 0. The number of carbonyl (C=O) groups excluding carboxylic acids is 1. The number of aryl methyl sites for hydroxylation is 1. The number of amides is 1. The Morgan fingerprint density at radius 3 is 2.29 bits per heavy atom. The molecule has 0 spiro atoms. The Morgan fingerprint density at radius 2 is 1.65 bits per heavy atom. The number of para-hydroxylation sites is 1. The van der Waals surface area contributed by atoms with Crippen LogP contribution in [-0.4, -0.2) is 24.1 Å². The Morgan fingerprint density at radius 1 is 1.00 bits per heavy atom. The first kappa shape index (κ1) is 23.0. The number of nitriles is 1. The summed E-state index contributed by atoms with van der Waals surface area (Å²) in [6, 6.07) is 24.8. The molecule has 3 aromatic carbocycles. The van der Waals surface area contributed by atoms with Gasteiger partial charge < -0.3 is 9.47 Å². The number of nitrogens with one attached hydrogen (secondary N) is 1. The molecule has 0 radical (unpaired) electrons. The lowest BCUT2D eigenvalue weighted by atomic mass is 10.1. The molecule has 0 aliphatic rings. The fraction of sp³-hybridized carbons (Fsp3) is 0.148. The lowest BCUT2D eigenvalue weighted by molar-refractivity contribution is -0.112. The average molecular weight is 470 g/mol. The molecule has 34 heavy (non-hydrogen) atoms. The van der Waals surface area contributed by atoms with E-state index in [1.807, 2.05) is 73.7 Å². The second-order valence-electron chi connectivity index (χ2n) is 7.54. The van der Waals surface area contributed by atoms with Crippen LogP contribution >= 0.6 is 11.3 Å². The van der Waals surface area contributed by atoms with Crippen molar-refractivity contribution in [3.8, 4) is 17.6 Å². The maximum absolute atomic E-state index is 12.5. The standard InChI is InChI=1S/C27H23N3O3S/c1-19-7-11-22(12-8-19)32-15-4-16-33-23-13-9-20(10-14-23)17-21(18-28)26(31)30-27-29-24-5-2-3-6-25(24)34-27/h2-3,5-14,17H,4,15-16H2,1H3,(H,29,30,31)/b21-17+. The van der Waals surface area contributed by atoms with Crippen molar-refractivity contribution >= 4 is 38.7 Å². The van der Waals surface area contributed by atoms with E-state index < -0.39 is 5.91 Å². The van der Waals surface area contributed by atoms with Crippen molar-refractivity contribution in [2.75, 3.05) is 18.5 Å². The van der Waals surface area contributed by atoms with Gasteiger partial charge in [-0.3, -0.25) is 10.1 Å². The number of hydrogen-bond donors (Lipinski definition) is 1. The number of anilines is 1. The van der Waals surface area contributed by atoms with Crippen molar-refractivity contribution in [1.29, 1.82) is 5.26 Å². The SMILES string of the molecule is Cc1ccc(OCCCOc2ccc(/C=C(\C#N)C(=O)Nc3nc4ccccc4s3)cc2)cc1. The summed E-state index contributed by atoms with van der Waals surface area (Å²) in [5, 5.41) is 12.6. The van der Waals surface area contributed by atoms with Gasteiger partial charge in [-0.25, -0.2) is 4.98 Å². The third-order valence-electron chi connectivity index (χ3n) is 4.92. The van der Waals surface area contributed by atoms with Crippen molar-refractivity contribution in [1.82, 2.24) is 4.98 Å². The molecule has 1 aromatic heterocycles. The summed E-state index contributed by atoms with van der Waals surface area (Å²) in [4.78, 5) is 16.9. The summed E-state index contributed by atoms with van der Waals surface area (Å²) in [5.74, 6) is 1.07. The van der Waals surface area contributed by atoms with Crippen LogP contribution in [0.4, 0.5) is 5.13 Å². The van der Waals surface area contributed by atoms with Crippen LogP contribution in [0.15, 0.2) is 78.4 Å². The van der Waals surface area contributed by atoms with E-state index in [2.05, 4.69) is 10.3 Å². The van der Waals surface area contributed by atoms with Crippen molar-refractivity contribution < 1.29 is 14.3 Å². The van der Waals surface area contributed by atoms with E-state index in [1.54, 1.807) is 18.2 Å². The summed E-state index contributed by atoms with van der Waals surface area (Å²) >= 11 is 1.37. The van der Waals surface area contributed by atoms with Gasteiger partial charge in [0.1, 0.15) is 23.1 Å². The number of hydrogen-bond acceptors (Lipinski definition) is 6. The zero-order valence-corrected chi connectivity index (χ0v) is 19.5. The van der Waals surface area contributed by atoms with Gasteiger partial charge in [0.05, 0.1) is 23.4 Å². The molecular weight excluding hydrogens is 446 g/mol. The quantitative estimate of drug-likeness (QED) is 0.185. The largest absolute Gasteiger partial charge is 0.493 e. The van der Waals surface area contributed by atoms with Gasteiger partial charge in [-0.05, 0) is 55.0 Å². The van der Waals surface area contributed by atoms with Gasteiger partial charge in [0, 0.05) is 6.42 Å². The molecule has 4 aromatic rings. The molecule has 0 fully saturated rings. The van der Waals surface area contributed by atoms with Crippen LogP contribution < -0.4 is 14.8 Å². The predicted octanol–water partition coefficient (Wildman–Crippen LogP) is 6.00. The highest BCUT2D eigenvalue weighted by molar-refractivity contribution is 7.22. The molecule has 170 valence electrons. The van der Waals surface area contributed by atoms with Crippen molar-refractivity contribution in [3.05, 3.63) is 89.5 Å². The van der Waals surface area contributed by atoms with E-state index in [-0.39, 0.29) is 5.57 Å². The molecule has 6 nitrogen and oxygen atoms in total. The van der Waals surface area contributed by atoms with Gasteiger partial charge in [-0.2, -0.15) is 5.26 Å². The fourth-order valence-electron chi connectivity index (χ4n) is 3.14. The van der Waals surface area contributed by atoms with Gasteiger partial charge in [0.2, 0.25) is 0 Å². The van der Waals surface area contributed by atoms with E-state index in [9.17, 15) is 10.1 Å². The fourth-order valence-corrected chi connectivity index (χ4v) is 4.00. The second kappa shape index (κ2) is 11.1. The topological polar surface area (TPSA) is 84.2 Å². The Labute approximate surface area is 202 Å². The average Bonchev–Trinajstić information content (AvgIpc) is 3.26. The zero-order chi connectivity index (χ0) is 23.8. The first-order valence-electron chi connectivity index (χ1n) is 10.8. The molecule has 1 N–H and O–H groups in total. The maximum Gasteiger partial charge on any atom is 0.268 e. The lowest BCUT2D eigenvalue weighted by Gasteiger charge is -2.08. The normalized spacial score (nSPS) is 11.1. The van der Waals surface area contributed by atoms with Crippen molar-refractivity contribution in [3.63, 3.8) is 0 Å². The van der Waals surface area contributed by atoms with Crippen LogP contribution in [0.2, 0.25) is 0 Å². The third-order valence-corrected chi connectivity index (χ3v) is 5.87. The molecule has 0 aliphatic heterocycles. The van der Waals surface area contributed by atoms with Crippen LogP contribution in [0.3, 0.4) is 0 Å². The van der Waals surface area contributed by atoms with Crippen LogP contribution in [0.5, 0.6) is 11.5 Å². The van der Waals surface area contributed by atoms with Crippen LogP contribution in [0.25, 0.3) is 16.3 Å². The number of aromatic nitrogens is 1. The third kappa shape index (κ3) is 6.21. The van der Waals surface area contributed by atoms with Crippen LogP contribution in [0, 0.1) is 18.3 Å². The molecule has 0 atom stereocenters. The maximum atomic E-state index is 12.5. The molecule has 1 amide bonds. The van der Waals surface area contributed by atoms with Crippen molar-refractivity contribution in [2.24, 2.45) is 0 Å². The number of fused-ring (bicyclic) bond motifs is 1. The van der Waals surface area contributed by atoms with Gasteiger partial charge in [-0.1, -0.05) is 53.3 Å². The van der Waals surface area contributed by atoms with Gasteiger partial charge in [0.25, 0.3) is 5.91 Å². The number of benzene rings is 3. The minimum Gasteiger partial charge on any atom is -0.493 e. The molecule has 0 saturated heterocycles. The van der Waals surface area contributed by atoms with Crippen LogP contribution in [-0.2, 0) is 4.79 Å². The summed E-state index contributed by atoms with van der Waals surface area (Å²) in [5.41, 5.74) is 2.74. The number of thiazole rings is 1. The van der Waals surface area contributed by atoms with E-state index in [1.165, 1.54) is 16.9 Å². The minimum absolute atomic E-state index is 0.00109.